The normalized spacial score (nSPS) is 13.7. The van der Waals surface area contributed by atoms with Crippen molar-refractivity contribution in [2.24, 2.45) is 0 Å². The molecule has 0 fully saturated rings. The molecular formula is C22H22N2O4. The van der Waals surface area contributed by atoms with Gasteiger partial charge in [-0.15, -0.1) is 6.58 Å². The maximum Gasteiger partial charge on any atom is 0.278 e. The van der Waals surface area contributed by atoms with Gasteiger partial charge in [0.1, 0.15) is 17.2 Å². The van der Waals surface area contributed by atoms with E-state index in [2.05, 4.69) is 11.9 Å². The summed E-state index contributed by atoms with van der Waals surface area (Å²) >= 11 is 0. The van der Waals surface area contributed by atoms with Crippen molar-refractivity contribution in [2.75, 3.05) is 25.6 Å². The number of carbonyl (C=O) groups is 2. The van der Waals surface area contributed by atoms with E-state index in [1.165, 1.54) is 11.0 Å². The van der Waals surface area contributed by atoms with Gasteiger partial charge in [0.05, 0.1) is 19.3 Å². The molecule has 3 rings (SSSR count). The number of hydrogen-bond donors (Lipinski definition) is 1. The maximum absolute atomic E-state index is 12.9. The number of amides is 2. The van der Waals surface area contributed by atoms with Gasteiger partial charge in [0.2, 0.25) is 0 Å². The van der Waals surface area contributed by atoms with Crippen LogP contribution in [0, 0.1) is 0 Å². The van der Waals surface area contributed by atoms with Gasteiger partial charge in [-0.2, -0.15) is 0 Å². The summed E-state index contributed by atoms with van der Waals surface area (Å²) in [7, 11) is 1.58. The minimum absolute atomic E-state index is 0.145. The summed E-state index contributed by atoms with van der Waals surface area (Å²) in [6.07, 6.45) is 1.53. The van der Waals surface area contributed by atoms with Crippen molar-refractivity contribution in [1.82, 2.24) is 4.90 Å². The highest BCUT2D eigenvalue weighted by Crippen LogP contribution is 2.31. The number of ether oxygens (including phenoxy) is 2. The molecule has 0 spiro atoms. The molecule has 1 heterocycles. The van der Waals surface area contributed by atoms with Crippen LogP contribution in [0.5, 0.6) is 11.5 Å². The summed E-state index contributed by atoms with van der Waals surface area (Å²) in [5, 5.41) is 3.10. The van der Waals surface area contributed by atoms with Crippen LogP contribution in [-0.4, -0.2) is 37.0 Å². The predicted octanol–water partition coefficient (Wildman–Crippen LogP) is 3.47. The Labute approximate surface area is 164 Å². The number of nitrogens with zero attached hydrogens (tertiary/aromatic N) is 1. The Hall–Kier alpha value is -3.54. The molecule has 0 aliphatic carbocycles. The molecular weight excluding hydrogens is 356 g/mol. The van der Waals surface area contributed by atoms with Crippen molar-refractivity contribution >= 4 is 23.1 Å². The number of nitrogens with one attached hydrogen (secondary N) is 1. The van der Waals surface area contributed by atoms with Gasteiger partial charge in [-0.1, -0.05) is 18.2 Å². The van der Waals surface area contributed by atoms with E-state index in [4.69, 9.17) is 9.47 Å². The van der Waals surface area contributed by atoms with E-state index in [9.17, 15) is 9.59 Å². The standard InChI is InChI=1S/C22H22N2O4/c1-4-14-24-21(25)19(15-6-10-18(11-7-15)28-5-2)20(22(24)26)23-16-8-12-17(27-3)13-9-16/h4,6-13,23H,1,5,14H2,2-3H3. The Bertz CT molecular complexity index is 915. The van der Waals surface area contributed by atoms with Gasteiger partial charge in [0, 0.05) is 12.2 Å². The van der Waals surface area contributed by atoms with Crippen LogP contribution in [0.3, 0.4) is 0 Å². The lowest BCUT2D eigenvalue weighted by Gasteiger charge is -2.12. The summed E-state index contributed by atoms with van der Waals surface area (Å²) in [5.74, 6) is 0.666. The van der Waals surface area contributed by atoms with E-state index in [1.54, 1.807) is 55.6 Å². The molecule has 2 amide bonds. The second-order valence-electron chi connectivity index (χ2n) is 6.07. The molecule has 0 bridgehead atoms. The second-order valence-corrected chi connectivity index (χ2v) is 6.07. The molecule has 6 nitrogen and oxygen atoms in total. The number of methoxy groups -OCH3 is 1. The van der Waals surface area contributed by atoms with Crippen molar-refractivity contribution in [2.45, 2.75) is 6.92 Å². The molecule has 0 atom stereocenters. The van der Waals surface area contributed by atoms with Crippen molar-refractivity contribution in [3.63, 3.8) is 0 Å². The molecule has 1 N–H and O–H groups in total. The second kappa shape index (κ2) is 8.43. The van der Waals surface area contributed by atoms with Crippen molar-refractivity contribution < 1.29 is 19.1 Å². The van der Waals surface area contributed by atoms with E-state index >= 15 is 0 Å². The Morgan fingerprint density at radius 1 is 1.00 bits per heavy atom. The maximum atomic E-state index is 12.9. The molecule has 1 aliphatic rings. The summed E-state index contributed by atoms with van der Waals surface area (Å²) in [5.41, 5.74) is 1.89. The molecule has 0 saturated carbocycles. The van der Waals surface area contributed by atoms with Crippen molar-refractivity contribution in [3.05, 3.63) is 72.4 Å². The molecule has 0 aromatic heterocycles. The van der Waals surface area contributed by atoms with E-state index in [-0.39, 0.29) is 24.1 Å². The lowest BCUT2D eigenvalue weighted by Crippen LogP contribution is -2.32. The van der Waals surface area contributed by atoms with Crippen LogP contribution in [0.2, 0.25) is 0 Å². The quantitative estimate of drug-likeness (QED) is 0.563. The van der Waals surface area contributed by atoms with Crippen LogP contribution in [0.4, 0.5) is 5.69 Å². The van der Waals surface area contributed by atoms with Crippen molar-refractivity contribution in [3.8, 4) is 11.5 Å². The summed E-state index contributed by atoms with van der Waals surface area (Å²) < 4.78 is 10.6. The van der Waals surface area contributed by atoms with Crippen LogP contribution in [0.15, 0.2) is 66.9 Å². The molecule has 6 heteroatoms. The fraction of sp³-hybridized carbons (Fsp3) is 0.182. The smallest absolute Gasteiger partial charge is 0.278 e. The van der Waals surface area contributed by atoms with Crippen LogP contribution in [0.25, 0.3) is 5.57 Å². The Kier molecular flexibility index (Phi) is 5.79. The number of hydrogen-bond acceptors (Lipinski definition) is 5. The topological polar surface area (TPSA) is 67.9 Å². The Balaban J connectivity index is 2.00. The number of benzene rings is 2. The fourth-order valence-corrected chi connectivity index (χ4v) is 2.96. The fourth-order valence-electron chi connectivity index (χ4n) is 2.96. The molecule has 0 radical (unpaired) electrons. The van der Waals surface area contributed by atoms with Crippen LogP contribution >= 0.6 is 0 Å². The first-order valence-corrected chi connectivity index (χ1v) is 8.94. The van der Waals surface area contributed by atoms with Gasteiger partial charge in [-0.05, 0) is 48.9 Å². The van der Waals surface area contributed by atoms with E-state index in [1.807, 2.05) is 6.92 Å². The largest absolute Gasteiger partial charge is 0.497 e. The van der Waals surface area contributed by atoms with E-state index < -0.39 is 0 Å². The molecule has 2 aromatic rings. The highest BCUT2D eigenvalue weighted by molar-refractivity contribution is 6.36. The summed E-state index contributed by atoms with van der Waals surface area (Å²) in [6.45, 7) is 6.24. The average Bonchev–Trinajstić information content (AvgIpc) is 2.94. The third kappa shape index (κ3) is 3.76. The van der Waals surface area contributed by atoms with Gasteiger partial charge in [-0.3, -0.25) is 14.5 Å². The zero-order valence-corrected chi connectivity index (χ0v) is 15.9. The molecule has 144 valence electrons. The number of carbonyl (C=O) groups excluding carboxylic acids is 2. The van der Waals surface area contributed by atoms with Gasteiger partial charge >= 0.3 is 0 Å². The van der Waals surface area contributed by atoms with Crippen LogP contribution in [0.1, 0.15) is 12.5 Å². The van der Waals surface area contributed by atoms with Crippen LogP contribution in [-0.2, 0) is 9.59 Å². The van der Waals surface area contributed by atoms with Gasteiger partial charge < -0.3 is 14.8 Å². The SMILES string of the molecule is C=CCN1C(=O)C(Nc2ccc(OC)cc2)=C(c2ccc(OCC)cc2)C1=O. The Morgan fingerprint density at radius 3 is 2.21 bits per heavy atom. The average molecular weight is 378 g/mol. The third-order valence-electron chi connectivity index (χ3n) is 4.29. The zero-order chi connectivity index (χ0) is 20.1. The highest BCUT2D eigenvalue weighted by Gasteiger charge is 2.38. The minimum atomic E-state index is -0.385. The lowest BCUT2D eigenvalue weighted by molar-refractivity contribution is -0.136. The number of imide groups is 1. The Morgan fingerprint density at radius 2 is 1.64 bits per heavy atom. The highest BCUT2D eigenvalue weighted by atomic mass is 16.5. The first-order chi connectivity index (χ1) is 13.6. The van der Waals surface area contributed by atoms with Gasteiger partial charge in [-0.25, -0.2) is 0 Å². The first-order valence-electron chi connectivity index (χ1n) is 8.94. The van der Waals surface area contributed by atoms with Gasteiger partial charge in [0.25, 0.3) is 11.8 Å². The molecule has 0 unspecified atom stereocenters. The molecule has 2 aromatic carbocycles. The first kappa shape index (κ1) is 19.2. The number of rotatable bonds is 8. The van der Waals surface area contributed by atoms with Gasteiger partial charge in [0.15, 0.2) is 0 Å². The minimum Gasteiger partial charge on any atom is -0.497 e. The van der Waals surface area contributed by atoms with E-state index in [0.717, 1.165) is 0 Å². The molecule has 1 aliphatic heterocycles. The number of anilines is 1. The summed E-state index contributed by atoms with van der Waals surface area (Å²) in [4.78, 5) is 27.0. The predicted molar refractivity (Wildman–Crippen MR) is 108 cm³/mol. The third-order valence-corrected chi connectivity index (χ3v) is 4.29. The molecule has 0 saturated heterocycles. The monoisotopic (exact) mass is 378 g/mol. The van der Waals surface area contributed by atoms with Crippen LogP contribution < -0.4 is 14.8 Å². The molecule has 28 heavy (non-hydrogen) atoms. The van der Waals surface area contributed by atoms with Crippen molar-refractivity contribution in [1.29, 1.82) is 0 Å². The summed E-state index contributed by atoms with van der Waals surface area (Å²) in [6, 6.07) is 14.3. The zero-order valence-electron chi connectivity index (χ0n) is 15.9. The van der Waals surface area contributed by atoms with E-state index in [0.29, 0.717) is 34.9 Å². The lowest BCUT2D eigenvalue weighted by atomic mass is 10.0.